The van der Waals surface area contributed by atoms with Crippen LogP contribution in [0.1, 0.15) is 19.8 Å². The molecule has 6 nitrogen and oxygen atoms in total. The standard InChI is InChI=1S/C14H18ClNO5S/c1-9(8-20-2)21-12-6-5-11(15)7-13(12)22(18,19)16-14(17)10-3-4-10/h5-7,9-10H,3-4,8H2,1-2H3,(H,16,17). The van der Waals surface area contributed by atoms with Gasteiger partial charge >= 0.3 is 0 Å². The average molecular weight is 348 g/mol. The summed E-state index contributed by atoms with van der Waals surface area (Å²) in [5.74, 6) is -0.577. The number of hydrogen-bond acceptors (Lipinski definition) is 5. The predicted octanol–water partition coefficient (Wildman–Crippen LogP) is 1.97. The average Bonchev–Trinajstić information content (AvgIpc) is 3.25. The van der Waals surface area contributed by atoms with Crippen LogP contribution < -0.4 is 9.46 Å². The molecule has 1 aliphatic rings. The van der Waals surface area contributed by atoms with Crippen LogP contribution >= 0.6 is 11.6 Å². The number of carbonyl (C=O) groups is 1. The number of nitrogens with one attached hydrogen (secondary N) is 1. The zero-order valence-corrected chi connectivity index (χ0v) is 13.9. The highest BCUT2D eigenvalue weighted by Crippen LogP contribution is 2.31. The Labute approximate surface area is 134 Å². The molecule has 0 heterocycles. The number of ether oxygens (including phenoxy) is 2. The zero-order chi connectivity index (χ0) is 16.3. The summed E-state index contributed by atoms with van der Waals surface area (Å²) in [5, 5.41) is 0.242. The van der Waals surface area contributed by atoms with Gasteiger partial charge in [0.1, 0.15) is 16.7 Å². The molecule has 1 aromatic carbocycles. The van der Waals surface area contributed by atoms with Crippen LogP contribution in [0.4, 0.5) is 0 Å². The first-order valence-electron chi connectivity index (χ1n) is 6.85. The van der Waals surface area contributed by atoms with Crippen LogP contribution in [-0.4, -0.2) is 34.1 Å². The van der Waals surface area contributed by atoms with Gasteiger partial charge in [-0.25, -0.2) is 13.1 Å². The Kier molecular flexibility index (Phi) is 5.31. The molecular formula is C14H18ClNO5S. The van der Waals surface area contributed by atoms with Gasteiger partial charge in [0.25, 0.3) is 10.0 Å². The second-order valence-corrected chi connectivity index (χ2v) is 7.31. The van der Waals surface area contributed by atoms with E-state index in [1.807, 2.05) is 0 Å². The smallest absolute Gasteiger partial charge is 0.267 e. The summed E-state index contributed by atoms with van der Waals surface area (Å²) in [5.41, 5.74) is 0. The number of amides is 1. The fourth-order valence-electron chi connectivity index (χ4n) is 1.89. The van der Waals surface area contributed by atoms with Crippen LogP contribution in [0.2, 0.25) is 5.02 Å². The van der Waals surface area contributed by atoms with Crippen LogP contribution in [0.15, 0.2) is 23.1 Å². The normalized spacial score (nSPS) is 16.1. The van der Waals surface area contributed by atoms with Crippen LogP contribution in [0.3, 0.4) is 0 Å². The summed E-state index contributed by atoms with van der Waals surface area (Å²) < 4.78 is 37.4. The van der Waals surface area contributed by atoms with E-state index in [1.165, 1.54) is 25.3 Å². The number of carbonyl (C=O) groups excluding carboxylic acids is 1. The van der Waals surface area contributed by atoms with Crippen LogP contribution in [0, 0.1) is 5.92 Å². The first-order valence-corrected chi connectivity index (χ1v) is 8.71. The quantitative estimate of drug-likeness (QED) is 0.815. The van der Waals surface area contributed by atoms with Gasteiger partial charge < -0.3 is 9.47 Å². The van der Waals surface area contributed by atoms with Crippen molar-refractivity contribution in [3.05, 3.63) is 23.2 Å². The van der Waals surface area contributed by atoms with Gasteiger partial charge in [0.2, 0.25) is 5.91 Å². The van der Waals surface area contributed by atoms with E-state index in [2.05, 4.69) is 4.72 Å². The van der Waals surface area contributed by atoms with Crippen molar-refractivity contribution >= 4 is 27.5 Å². The van der Waals surface area contributed by atoms with Crippen molar-refractivity contribution in [2.75, 3.05) is 13.7 Å². The summed E-state index contributed by atoms with van der Waals surface area (Å²) in [6.07, 6.45) is 1.08. The molecule has 0 bridgehead atoms. The highest BCUT2D eigenvalue weighted by atomic mass is 35.5. The molecular weight excluding hydrogens is 330 g/mol. The van der Waals surface area contributed by atoms with E-state index in [0.29, 0.717) is 19.4 Å². The molecule has 1 fully saturated rings. The molecule has 1 amide bonds. The molecule has 1 aliphatic carbocycles. The predicted molar refractivity (Wildman–Crippen MR) is 81.5 cm³/mol. The lowest BCUT2D eigenvalue weighted by atomic mass is 10.3. The number of benzene rings is 1. The van der Waals surface area contributed by atoms with Gasteiger partial charge in [0, 0.05) is 18.1 Å². The van der Waals surface area contributed by atoms with Gasteiger partial charge in [-0.3, -0.25) is 4.79 Å². The first-order chi connectivity index (χ1) is 10.3. The van der Waals surface area contributed by atoms with E-state index in [-0.39, 0.29) is 27.7 Å². The van der Waals surface area contributed by atoms with Crippen molar-refractivity contribution in [2.45, 2.75) is 30.8 Å². The number of methoxy groups -OCH3 is 1. The van der Waals surface area contributed by atoms with Gasteiger partial charge in [-0.2, -0.15) is 0 Å². The fraction of sp³-hybridized carbons (Fsp3) is 0.500. The van der Waals surface area contributed by atoms with E-state index >= 15 is 0 Å². The topological polar surface area (TPSA) is 81.7 Å². The number of rotatable bonds is 7. The maximum absolute atomic E-state index is 12.4. The molecule has 0 aliphatic heterocycles. The SMILES string of the molecule is COCC(C)Oc1ccc(Cl)cc1S(=O)(=O)NC(=O)C1CC1. The zero-order valence-electron chi connectivity index (χ0n) is 12.3. The van der Waals surface area contributed by atoms with Crippen LogP contribution in [0.5, 0.6) is 5.75 Å². The van der Waals surface area contributed by atoms with Crippen LogP contribution in [-0.2, 0) is 19.6 Å². The number of halogens is 1. The first kappa shape index (κ1) is 17.1. The largest absolute Gasteiger partial charge is 0.487 e. The lowest BCUT2D eigenvalue weighted by Gasteiger charge is -2.17. The summed E-state index contributed by atoms with van der Waals surface area (Å²) >= 11 is 5.87. The third kappa shape index (κ3) is 4.34. The van der Waals surface area contributed by atoms with E-state index in [1.54, 1.807) is 6.92 Å². The lowest BCUT2D eigenvalue weighted by molar-refractivity contribution is -0.120. The molecule has 1 N–H and O–H groups in total. The minimum absolute atomic E-state index is 0.130. The maximum Gasteiger partial charge on any atom is 0.267 e. The molecule has 0 saturated heterocycles. The second kappa shape index (κ2) is 6.85. The summed E-state index contributed by atoms with van der Waals surface area (Å²) in [6.45, 7) is 2.05. The third-order valence-electron chi connectivity index (χ3n) is 3.11. The van der Waals surface area contributed by atoms with Gasteiger partial charge in [-0.15, -0.1) is 0 Å². The third-order valence-corrected chi connectivity index (χ3v) is 4.71. The number of hydrogen-bond donors (Lipinski definition) is 1. The van der Waals surface area contributed by atoms with Crippen molar-refractivity contribution in [2.24, 2.45) is 5.92 Å². The van der Waals surface area contributed by atoms with Crippen molar-refractivity contribution < 1.29 is 22.7 Å². The molecule has 22 heavy (non-hydrogen) atoms. The van der Waals surface area contributed by atoms with E-state index < -0.39 is 15.9 Å². The van der Waals surface area contributed by atoms with Crippen molar-refractivity contribution in [1.82, 2.24) is 4.72 Å². The summed E-state index contributed by atoms with van der Waals surface area (Å²) in [4.78, 5) is 11.6. The van der Waals surface area contributed by atoms with Crippen molar-refractivity contribution in [1.29, 1.82) is 0 Å². The van der Waals surface area contributed by atoms with E-state index in [9.17, 15) is 13.2 Å². The summed E-state index contributed by atoms with van der Waals surface area (Å²) in [7, 11) is -2.51. The van der Waals surface area contributed by atoms with Crippen LogP contribution in [0.25, 0.3) is 0 Å². The Bertz CT molecular complexity index is 657. The Hall–Kier alpha value is -1.31. The Morgan fingerprint density at radius 3 is 2.73 bits per heavy atom. The van der Waals surface area contributed by atoms with Crippen molar-refractivity contribution in [3.8, 4) is 5.75 Å². The molecule has 0 radical (unpaired) electrons. The minimum Gasteiger partial charge on any atom is -0.487 e. The second-order valence-electron chi connectivity index (χ2n) is 5.22. The molecule has 2 rings (SSSR count). The molecule has 1 saturated carbocycles. The maximum atomic E-state index is 12.4. The van der Waals surface area contributed by atoms with E-state index in [4.69, 9.17) is 21.1 Å². The number of sulfonamides is 1. The minimum atomic E-state index is -4.03. The van der Waals surface area contributed by atoms with Gasteiger partial charge in [-0.05, 0) is 38.0 Å². The Balaban J connectivity index is 2.26. The Morgan fingerprint density at radius 2 is 2.14 bits per heavy atom. The van der Waals surface area contributed by atoms with Gasteiger partial charge in [-0.1, -0.05) is 11.6 Å². The highest BCUT2D eigenvalue weighted by molar-refractivity contribution is 7.90. The lowest BCUT2D eigenvalue weighted by Crippen LogP contribution is -2.32. The molecule has 0 aromatic heterocycles. The Morgan fingerprint density at radius 1 is 1.45 bits per heavy atom. The van der Waals surface area contributed by atoms with Gasteiger partial charge in [0.05, 0.1) is 6.61 Å². The molecule has 1 atom stereocenters. The molecule has 8 heteroatoms. The van der Waals surface area contributed by atoms with E-state index in [0.717, 1.165) is 0 Å². The highest BCUT2D eigenvalue weighted by Gasteiger charge is 2.33. The fourth-order valence-corrected chi connectivity index (χ4v) is 3.33. The molecule has 122 valence electrons. The van der Waals surface area contributed by atoms with Gasteiger partial charge in [0.15, 0.2) is 0 Å². The molecule has 0 spiro atoms. The summed E-state index contributed by atoms with van der Waals surface area (Å²) in [6, 6.07) is 4.25. The van der Waals surface area contributed by atoms with Crippen molar-refractivity contribution in [3.63, 3.8) is 0 Å². The monoisotopic (exact) mass is 347 g/mol. The molecule has 1 unspecified atom stereocenters. The molecule has 1 aromatic rings.